The van der Waals surface area contributed by atoms with Crippen molar-refractivity contribution in [3.05, 3.63) is 54.1 Å². The summed E-state index contributed by atoms with van der Waals surface area (Å²) in [5, 5.41) is 10.6. The summed E-state index contributed by atoms with van der Waals surface area (Å²) in [6, 6.07) is 5.59. The van der Waals surface area contributed by atoms with Crippen LogP contribution in [0.25, 0.3) is 0 Å². The zero-order chi connectivity index (χ0) is 19.9. The summed E-state index contributed by atoms with van der Waals surface area (Å²) in [6.07, 6.45) is -0.825. The summed E-state index contributed by atoms with van der Waals surface area (Å²) in [4.78, 5) is 16.0. The highest BCUT2D eigenvalue weighted by atomic mass is 19.4. The summed E-state index contributed by atoms with van der Waals surface area (Å²) >= 11 is 0. The lowest BCUT2D eigenvalue weighted by molar-refractivity contribution is -0.137. The van der Waals surface area contributed by atoms with Crippen LogP contribution in [0.1, 0.15) is 17.5 Å². The van der Waals surface area contributed by atoms with E-state index in [1.54, 1.807) is 11.0 Å². The van der Waals surface area contributed by atoms with Crippen LogP contribution < -0.4 is 4.90 Å². The smallest absolute Gasteiger partial charge is 0.372 e. The van der Waals surface area contributed by atoms with Gasteiger partial charge < -0.3 is 10.0 Å². The third kappa shape index (κ3) is 3.14. The van der Waals surface area contributed by atoms with Crippen LogP contribution in [0.4, 0.5) is 18.9 Å². The van der Waals surface area contributed by atoms with Crippen LogP contribution >= 0.6 is 0 Å². The molecular formula is C19H20F3N5O. The molecule has 0 amide bonds. The number of fused-ring (bicyclic) bond motifs is 1. The van der Waals surface area contributed by atoms with Crippen LogP contribution in [0.3, 0.4) is 0 Å². The molecule has 2 aliphatic heterocycles. The van der Waals surface area contributed by atoms with Gasteiger partial charge in [0.2, 0.25) is 0 Å². The first kappa shape index (κ1) is 18.8. The van der Waals surface area contributed by atoms with Crippen LogP contribution in [0, 0.1) is 5.92 Å². The number of para-hydroxylation sites is 1. The SMILES string of the molecule is C=NC12CN(c3ccccc3C(F)(F)F)CC1CN(C(O)c1cnccn1)C2. The Labute approximate surface area is 160 Å². The van der Waals surface area contributed by atoms with Crippen LogP contribution in [0.15, 0.2) is 47.8 Å². The van der Waals surface area contributed by atoms with Crippen molar-refractivity contribution in [2.75, 3.05) is 31.1 Å². The molecule has 2 saturated heterocycles. The van der Waals surface area contributed by atoms with Crippen LogP contribution in [0.2, 0.25) is 0 Å². The number of rotatable bonds is 4. The number of aliphatic hydroxyl groups excluding tert-OH is 1. The number of anilines is 1. The Morgan fingerprint density at radius 1 is 1.21 bits per heavy atom. The molecule has 3 unspecified atom stereocenters. The van der Waals surface area contributed by atoms with Gasteiger partial charge in [-0.25, -0.2) is 0 Å². The number of halogens is 3. The van der Waals surface area contributed by atoms with Gasteiger partial charge in [-0.1, -0.05) is 12.1 Å². The Morgan fingerprint density at radius 3 is 2.64 bits per heavy atom. The van der Waals surface area contributed by atoms with E-state index in [9.17, 15) is 18.3 Å². The highest BCUT2D eigenvalue weighted by Crippen LogP contribution is 2.44. The number of hydrogen-bond acceptors (Lipinski definition) is 6. The zero-order valence-corrected chi connectivity index (χ0v) is 15.0. The summed E-state index contributed by atoms with van der Waals surface area (Å²) in [5.41, 5.74) is -0.693. The minimum Gasteiger partial charge on any atom is -0.372 e. The Kier molecular flexibility index (Phi) is 4.59. The minimum atomic E-state index is -4.42. The first-order chi connectivity index (χ1) is 13.3. The first-order valence-corrected chi connectivity index (χ1v) is 8.91. The van der Waals surface area contributed by atoms with E-state index in [1.807, 2.05) is 4.90 Å². The minimum absolute atomic E-state index is 0.0439. The van der Waals surface area contributed by atoms with E-state index in [-0.39, 0.29) is 11.6 Å². The van der Waals surface area contributed by atoms with Gasteiger partial charge in [-0.15, -0.1) is 0 Å². The molecule has 3 heterocycles. The lowest BCUT2D eigenvalue weighted by atomic mass is 9.92. The molecule has 3 atom stereocenters. The molecule has 0 radical (unpaired) electrons. The fourth-order valence-electron chi connectivity index (χ4n) is 4.29. The fourth-order valence-corrected chi connectivity index (χ4v) is 4.29. The monoisotopic (exact) mass is 391 g/mol. The second-order valence-electron chi connectivity index (χ2n) is 7.29. The molecule has 2 fully saturated rings. The maximum atomic E-state index is 13.4. The molecule has 9 heteroatoms. The van der Waals surface area contributed by atoms with E-state index in [2.05, 4.69) is 21.7 Å². The highest BCUT2D eigenvalue weighted by Gasteiger charge is 2.54. The molecule has 28 heavy (non-hydrogen) atoms. The van der Waals surface area contributed by atoms with Crippen molar-refractivity contribution in [3.63, 3.8) is 0 Å². The van der Waals surface area contributed by atoms with Gasteiger partial charge in [-0.3, -0.25) is 19.9 Å². The Morgan fingerprint density at radius 2 is 2.00 bits per heavy atom. The molecule has 2 aliphatic rings. The number of nitrogens with zero attached hydrogens (tertiary/aromatic N) is 5. The zero-order valence-electron chi connectivity index (χ0n) is 15.0. The van der Waals surface area contributed by atoms with Crippen molar-refractivity contribution >= 4 is 12.4 Å². The maximum Gasteiger partial charge on any atom is 0.418 e. The van der Waals surface area contributed by atoms with Crippen molar-refractivity contribution in [3.8, 4) is 0 Å². The number of aliphatic hydroxyl groups is 1. The molecule has 6 nitrogen and oxygen atoms in total. The molecule has 0 aliphatic carbocycles. The molecule has 1 aromatic heterocycles. The molecule has 0 bridgehead atoms. The summed E-state index contributed by atoms with van der Waals surface area (Å²) < 4.78 is 40.2. The lowest BCUT2D eigenvalue weighted by Gasteiger charge is -2.29. The van der Waals surface area contributed by atoms with Crippen LogP contribution in [0.5, 0.6) is 0 Å². The number of likely N-dealkylation sites (tertiary alicyclic amines) is 1. The van der Waals surface area contributed by atoms with Crippen molar-refractivity contribution in [1.82, 2.24) is 14.9 Å². The van der Waals surface area contributed by atoms with E-state index < -0.39 is 23.5 Å². The fraction of sp³-hybridized carbons (Fsp3) is 0.421. The maximum absolute atomic E-state index is 13.4. The van der Waals surface area contributed by atoms with Crippen molar-refractivity contribution in [2.24, 2.45) is 10.9 Å². The van der Waals surface area contributed by atoms with E-state index in [0.717, 1.165) is 6.07 Å². The summed E-state index contributed by atoms with van der Waals surface area (Å²) in [7, 11) is 0. The number of benzene rings is 1. The molecular weight excluding hydrogens is 371 g/mol. The van der Waals surface area contributed by atoms with Gasteiger partial charge in [0.05, 0.1) is 17.3 Å². The van der Waals surface area contributed by atoms with Gasteiger partial charge in [0.25, 0.3) is 0 Å². The number of aliphatic imine (C=N–C) groups is 1. The van der Waals surface area contributed by atoms with E-state index in [0.29, 0.717) is 31.9 Å². The molecule has 1 aromatic carbocycles. The summed E-state index contributed by atoms with van der Waals surface area (Å²) in [5.74, 6) is -0.0439. The quantitative estimate of drug-likeness (QED) is 0.811. The van der Waals surface area contributed by atoms with Gasteiger partial charge in [0.1, 0.15) is 5.69 Å². The molecule has 1 N–H and O–H groups in total. The Balaban J connectivity index is 1.57. The first-order valence-electron chi connectivity index (χ1n) is 8.91. The third-order valence-electron chi connectivity index (χ3n) is 5.66. The molecule has 4 rings (SSSR count). The van der Waals surface area contributed by atoms with Crippen LogP contribution in [-0.4, -0.2) is 58.4 Å². The van der Waals surface area contributed by atoms with Gasteiger partial charge in [-0.2, -0.15) is 13.2 Å². The number of hydrogen-bond donors (Lipinski definition) is 1. The molecule has 0 spiro atoms. The second-order valence-corrected chi connectivity index (χ2v) is 7.29. The van der Waals surface area contributed by atoms with Gasteiger partial charge in [0.15, 0.2) is 6.23 Å². The van der Waals surface area contributed by atoms with Crippen molar-refractivity contribution in [1.29, 1.82) is 0 Å². The van der Waals surface area contributed by atoms with Crippen molar-refractivity contribution < 1.29 is 18.3 Å². The van der Waals surface area contributed by atoms with Gasteiger partial charge in [-0.05, 0) is 18.9 Å². The molecule has 2 aromatic rings. The van der Waals surface area contributed by atoms with E-state index in [1.165, 1.54) is 30.7 Å². The van der Waals surface area contributed by atoms with E-state index in [4.69, 9.17) is 0 Å². The molecule has 148 valence electrons. The average Bonchev–Trinajstić information content (AvgIpc) is 3.22. The third-order valence-corrected chi connectivity index (χ3v) is 5.66. The normalized spacial score (nSPS) is 26.3. The number of aromatic nitrogens is 2. The summed E-state index contributed by atoms with van der Waals surface area (Å²) in [6.45, 7) is 5.32. The lowest BCUT2D eigenvalue weighted by Crippen LogP contribution is -2.40. The van der Waals surface area contributed by atoms with Gasteiger partial charge >= 0.3 is 6.18 Å². The molecule has 0 saturated carbocycles. The predicted molar refractivity (Wildman–Crippen MR) is 98.0 cm³/mol. The number of alkyl halides is 3. The highest BCUT2D eigenvalue weighted by molar-refractivity contribution is 5.57. The Bertz CT molecular complexity index is 862. The second kappa shape index (κ2) is 6.82. The van der Waals surface area contributed by atoms with E-state index >= 15 is 0 Å². The topological polar surface area (TPSA) is 64.8 Å². The largest absolute Gasteiger partial charge is 0.418 e. The average molecular weight is 391 g/mol. The predicted octanol–water partition coefficient (Wildman–Crippen LogP) is 2.38. The standard InChI is InChI=1S/C19H20F3N5O/c1-23-18-11-26(16-5-3-2-4-14(16)19(20,21)22)9-13(18)10-27(12-18)17(28)15-8-24-6-7-25-15/h2-8,13,17,28H,1,9-12H2. The van der Waals surface area contributed by atoms with Crippen molar-refractivity contribution in [2.45, 2.75) is 17.9 Å². The van der Waals surface area contributed by atoms with Gasteiger partial charge in [0, 0.05) is 50.2 Å². The Hall–Kier alpha value is -2.52. The van der Waals surface area contributed by atoms with Crippen LogP contribution in [-0.2, 0) is 6.18 Å².